The molecule has 1 heterocycles. The summed E-state index contributed by atoms with van der Waals surface area (Å²) in [7, 11) is 0. The van der Waals surface area contributed by atoms with E-state index in [1.165, 1.54) is 11.8 Å². The normalized spacial score (nSPS) is 10.9. The zero-order valence-electron chi connectivity index (χ0n) is 19.7. The van der Waals surface area contributed by atoms with Crippen molar-refractivity contribution in [2.75, 3.05) is 5.75 Å². The van der Waals surface area contributed by atoms with Crippen LogP contribution in [-0.4, -0.2) is 26.4 Å². The molecule has 0 unspecified atom stereocenters. The molecule has 36 heavy (non-hydrogen) atoms. The van der Waals surface area contributed by atoms with Crippen LogP contribution in [0.4, 0.5) is 0 Å². The van der Waals surface area contributed by atoms with Gasteiger partial charge in [0.05, 0.1) is 18.3 Å². The van der Waals surface area contributed by atoms with Gasteiger partial charge in [-0.05, 0) is 16.7 Å². The Morgan fingerprint density at radius 1 is 0.722 bits per heavy atom. The average molecular weight is 491 g/mol. The van der Waals surface area contributed by atoms with Gasteiger partial charge in [-0.3, -0.25) is 9.36 Å². The molecule has 0 bridgehead atoms. The number of nitrogens with zero attached hydrogens (tertiary/aromatic N) is 3. The van der Waals surface area contributed by atoms with E-state index in [1.54, 1.807) is 0 Å². The molecule has 0 saturated carbocycles. The van der Waals surface area contributed by atoms with E-state index in [0.29, 0.717) is 11.7 Å². The minimum absolute atomic E-state index is 0.0618. The molecule has 0 aliphatic carbocycles. The molecule has 0 radical (unpaired) electrons. The molecular weight excluding hydrogens is 464 g/mol. The van der Waals surface area contributed by atoms with Gasteiger partial charge in [-0.15, -0.1) is 10.2 Å². The summed E-state index contributed by atoms with van der Waals surface area (Å²) >= 11 is 1.40. The van der Waals surface area contributed by atoms with Crippen molar-refractivity contribution in [2.45, 2.75) is 17.7 Å². The number of carbonyl (C=O) groups excluding carboxylic acids is 1. The van der Waals surface area contributed by atoms with Crippen LogP contribution in [0.1, 0.15) is 22.7 Å². The van der Waals surface area contributed by atoms with Crippen molar-refractivity contribution in [1.29, 1.82) is 0 Å². The zero-order valence-corrected chi connectivity index (χ0v) is 20.5. The van der Waals surface area contributed by atoms with Gasteiger partial charge in [-0.2, -0.15) is 0 Å². The van der Waals surface area contributed by atoms with Gasteiger partial charge < -0.3 is 5.32 Å². The number of carbonyl (C=O) groups is 1. The van der Waals surface area contributed by atoms with Crippen LogP contribution in [0.25, 0.3) is 11.4 Å². The predicted octanol–water partition coefficient (Wildman–Crippen LogP) is 5.99. The Balaban J connectivity index is 1.36. The maximum Gasteiger partial charge on any atom is 0.231 e. The van der Waals surface area contributed by atoms with Crippen molar-refractivity contribution in [1.82, 2.24) is 20.1 Å². The monoisotopic (exact) mass is 490 g/mol. The molecule has 0 aliphatic heterocycles. The van der Waals surface area contributed by atoms with Crippen LogP contribution >= 0.6 is 11.8 Å². The second-order valence-electron chi connectivity index (χ2n) is 8.35. The van der Waals surface area contributed by atoms with E-state index in [2.05, 4.69) is 32.2 Å². The number of rotatable bonds is 9. The van der Waals surface area contributed by atoms with E-state index >= 15 is 0 Å². The van der Waals surface area contributed by atoms with Crippen LogP contribution in [0.2, 0.25) is 0 Å². The highest BCUT2D eigenvalue weighted by atomic mass is 32.2. The number of thioether (sulfide) groups is 1. The van der Waals surface area contributed by atoms with Gasteiger partial charge in [0.2, 0.25) is 5.91 Å². The summed E-state index contributed by atoms with van der Waals surface area (Å²) in [6.45, 7) is 0.624. The fourth-order valence-electron chi connectivity index (χ4n) is 4.09. The molecule has 0 spiro atoms. The smallest absolute Gasteiger partial charge is 0.231 e. The summed E-state index contributed by atoms with van der Waals surface area (Å²) in [5.41, 5.74) is 4.22. The number of aromatic nitrogens is 3. The Labute approximate surface area is 215 Å². The molecule has 1 amide bonds. The first-order valence-electron chi connectivity index (χ1n) is 11.8. The molecule has 1 aromatic heterocycles. The third kappa shape index (κ3) is 5.73. The molecule has 5 rings (SSSR count). The molecule has 0 fully saturated rings. The quantitative estimate of drug-likeness (QED) is 0.258. The van der Waals surface area contributed by atoms with E-state index < -0.39 is 0 Å². The Hall–Kier alpha value is -4.16. The fraction of sp³-hybridized carbons (Fsp3) is 0.100. The predicted molar refractivity (Wildman–Crippen MR) is 145 cm³/mol. The van der Waals surface area contributed by atoms with Gasteiger partial charge in [-0.25, -0.2) is 0 Å². The highest BCUT2D eigenvalue weighted by Crippen LogP contribution is 2.26. The van der Waals surface area contributed by atoms with Gasteiger partial charge in [0.15, 0.2) is 11.0 Å². The second-order valence-corrected chi connectivity index (χ2v) is 9.30. The van der Waals surface area contributed by atoms with Gasteiger partial charge in [0.25, 0.3) is 0 Å². The lowest BCUT2D eigenvalue weighted by atomic mass is 9.99. The molecule has 0 atom stereocenters. The maximum absolute atomic E-state index is 13.1. The third-order valence-electron chi connectivity index (χ3n) is 5.84. The first-order chi connectivity index (χ1) is 17.8. The van der Waals surface area contributed by atoms with E-state index in [4.69, 9.17) is 0 Å². The number of benzene rings is 4. The third-order valence-corrected chi connectivity index (χ3v) is 6.80. The van der Waals surface area contributed by atoms with Crippen molar-refractivity contribution >= 4 is 17.7 Å². The summed E-state index contributed by atoms with van der Waals surface area (Å²) in [6, 6.07) is 40.1. The molecule has 6 heteroatoms. The van der Waals surface area contributed by atoms with Crippen LogP contribution < -0.4 is 5.32 Å². The fourth-order valence-corrected chi connectivity index (χ4v) is 4.84. The van der Waals surface area contributed by atoms with Gasteiger partial charge in [-0.1, -0.05) is 133 Å². The molecule has 1 N–H and O–H groups in total. The van der Waals surface area contributed by atoms with Crippen LogP contribution in [0.5, 0.6) is 0 Å². The maximum atomic E-state index is 13.1. The summed E-state index contributed by atoms with van der Waals surface area (Å²) in [5, 5.41) is 12.9. The molecule has 4 aromatic carbocycles. The highest BCUT2D eigenvalue weighted by molar-refractivity contribution is 7.99. The summed E-state index contributed by atoms with van der Waals surface area (Å²) < 4.78 is 2.08. The molecule has 0 saturated heterocycles. The summed E-state index contributed by atoms with van der Waals surface area (Å²) in [6.07, 6.45) is 0. The zero-order chi connectivity index (χ0) is 24.6. The molecule has 5 nitrogen and oxygen atoms in total. The molecule has 5 aromatic rings. The topological polar surface area (TPSA) is 59.8 Å². The highest BCUT2D eigenvalue weighted by Gasteiger charge is 2.19. The number of hydrogen-bond acceptors (Lipinski definition) is 4. The lowest BCUT2D eigenvalue weighted by molar-refractivity contribution is -0.119. The SMILES string of the molecule is O=C(CSc1nnc(-c2ccccc2)n1Cc1ccccc1)NC(c1ccccc1)c1ccccc1. The van der Waals surface area contributed by atoms with Crippen molar-refractivity contribution in [3.05, 3.63) is 138 Å². The lowest BCUT2D eigenvalue weighted by Crippen LogP contribution is -2.30. The standard InChI is InChI=1S/C30H26N4OS/c35-27(31-28(24-15-7-2-8-16-24)25-17-9-3-10-18-25)22-36-30-33-32-29(26-19-11-4-12-20-26)34(30)21-23-13-5-1-6-14-23/h1-20,28H,21-22H2,(H,31,35). The second kappa shape index (κ2) is 11.5. The van der Waals surface area contributed by atoms with Gasteiger partial charge in [0.1, 0.15) is 0 Å². The Morgan fingerprint density at radius 2 is 1.25 bits per heavy atom. The summed E-state index contributed by atoms with van der Waals surface area (Å²) in [4.78, 5) is 13.1. The van der Waals surface area contributed by atoms with E-state index in [9.17, 15) is 4.79 Å². The lowest BCUT2D eigenvalue weighted by Gasteiger charge is -2.20. The van der Waals surface area contributed by atoms with Crippen molar-refractivity contribution in [3.63, 3.8) is 0 Å². The largest absolute Gasteiger partial charge is 0.344 e. The van der Waals surface area contributed by atoms with Crippen LogP contribution in [0.15, 0.2) is 126 Å². The first-order valence-corrected chi connectivity index (χ1v) is 12.8. The minimum Gasteiger partial charge on any atom is -0.344 e. The van der Waals surface area contributed by atoms with Crippen molar-refractivity contribution in [2.24, 2.45) is 0 Å². The van der Waals surface area contributed by atoms with Crippen molar-refractivity contribution < 1.29 is 4.79 Å². The van der Waals surface area contributed by atoms with Crippen LogP contribution in [0, 0.1) is 0 Å². The Bertz CT molecular complexity index is 1350. The number of amides is 1. The van der Waals surface area contributed by atoms with E-state index in [-0.39, 0.29) is 17.7 Å². The van der Waals surface area contributed by atoms with E-state index in [1.807, 2.05) is 109 Å². The molecule has 178 valence electrons. The Morgan fingerprint density at radius 3 is 1.83 bits per heavy atom. The molecular formula is C30H26N4OS. The average Bonchev–Trinajstić information content (AvgIpc) is 3.34. The van der Waals surface area contributed by atoms with E-state index in [0.717, 1.165) is 28.1 Å². The van der Waals surface area contributed by atoms with Crippen LogP contribution in [0.3, 0.4) is 0 Å². The Kier molecular flexibility index (Phi) is 7.54. The van der Waals surface area contributed by atoms with Crippen molar-refractivity contribution in [3.8, 4) is 11.4 Å². The number of nitrogens with one attached hydrogen (secondary N) is 1. The molecule has 0 aliphatic rings. The summed E-state index contributed by atoms with van der Waals surface area (Å²) in [5.74, 6) is 0.958. The first kappa shape index (κ1) is 23.6. The van der Waals surface area contributed by atoms with Gasteiger partial charge >= 0.3 is 0 Å². The number of hydrogen-bond donors (Lipinski definition) is 1. The van der Waals surface area contributed by atoms with Crippen LogP contribution in [-0.2, 0) is 11.3 Å². The van der Waals surface area contributed by atoms with Gasteiger partial charge in [0, 0.05) is 5.56 Å². The minimum atomic E-state index is -0.220.